The predicted octanol–water partition coefficient (Wildman–Crippen LogP) is 1.79. The molecule has 18 heavy (non-hydrogen) atoms. The molecule has 0 saturated carbocycles. The summed E-state index contributed by atoms with van der Waals surface area (Å²) in [7, 11) is 4.56. The van der Waals surface area contributed by atoms with E-state index < -0.39 is 0 Å². The molecule has 0 aromatic carbocycles. The number of piperidine rings is 2. The van der Waals surface area contributed by atoms with Gasteiger partial charge in [-0.3, -0.25) is 0 Å². The molecule has 0 bridgehead atoms. The van der Waals surface area contributed by atoms with Crippen LogP contribution in [0.25, 0.3) is 0 Å². The van der Waals surface area contributed by atoms with Crippen molar-refractivity contribution in [2.24, 2.45) is 5.92 Å². The molecule has 0 aromatic heterocycles. The van der Waals surface area contributed by atoms with Gasteiger partial charge in [-0.05, 0) is 71.8 Å². The van der Waals surface area contributed by atoms with Gasteiger partial charge in [-0.25, -0.2) is 0 Å². The highest BCUT2D eigenvalue weighted by atomic mass is 15.1. The van der Waals surface area contributed by atoms with Crippen molar-refractivity contribution in [3.8, 4) is 0 Å². The number of likely N-dealkylation sites (N-methyl/N-ethyl adjacent to an activating group) is 1. The molecule has 0 spiro atoms. The molecule has 2 rings (SSSR count). The van der Waals surface area contributed by atoms with Crippen molar-refractivity contribution in [1.29, 1.82) is 0 Å². The number of hydrogen-bond acceptors (Lipinski definition) is 3. The molecule has 2 saturated heterocycles. The highest BCUT2D eigenvalue weighted by Crippen LogP contribution is 2.18. The second-order valence-corrected chi connectivity index (χ2v) is 6.47. The fraction of sp³-hybridized carbons (Fsp3) is 1.00. The highest BCUT2D eigenvalue weighted by Gasteiger charge is 2.19. The van der Waals surface area contributed by atoms with Crippen molar-refractivity contribution in [2.45, 2.75) is 44.6 Å². The second-order valence-electron chi connectivity index (χ2n) is 6.47. The second kappa shape index (κ2) is 7.46. The number of nitrogens with zero attached hydrogens (tertiary/aromatic N) is 2. The van der Waals surface area contributed by atoms with E-state index in [-0.39, 0.29) is 0 Å². The van der Waals surface area contributed by atoms with E-state index >= 15 is 0 Å². The molecule has 0 aromatic rings. The summed E-state index contributed by atoms with van der Waals surface area (Å²) in [5, 5.41) is 3.65. The Morgan fingerprint density at radius 2 is 2.11 bits per heavy atom. The van der Waals surface area contributed by atoms with Crippen molar-refractivity contribution in [3.05, 3.63) is 0 Å². The quantitative estimate of drug-likeness (QED) is 0.806. The van der Waals surface area contributed by atoms with Crippen LogP contribution in [0, 0.1) is 5.92 Å². The fourth-order valence-electron chi connectivity index (χ4n) is 3.46. The normalized spacial score (nSPS) is 30.8. The molecular formula is C15H31N3. The van der Waals surface area contributed by atoms with Crippen molar-refractivity contribution in [1.82, 2.24) is 15.1 Å². The standard InChI is InChI=1S/C15H31N3/c1-17-10-5-6-14(12-17)8-11-18(2)13-15-7-3-4-9-16-15/h14-16H,3-13H2,1-2H3. The number of likely N-dealkylation sites (tertiary alicyclic amines) is 1. The van der Waals surface area contributed by atoms with Gasteiger partial charge in [0.2, 0.25) is 0 Å². The van der Waals surface area contributed by atoms with Gasteiger partial charge in [-0.15, -0.1) is 0 Å². The molecule has 2 fully saturated rings. The molecule has 2 aliphatic heterocycles. The maximum absolute atomic E-state index is 3.65. The van der Waals surface area contributed by atoms with E-state index in [9.17, 15) is 0 Å². The highest BCUT2D eigenvalue weighted by molar-refractivity contribution is 4.76. The van der Waals surface area contributed by atoms with Crippen LogP contribution in [0.3, 0.4) is 0 Å². The minimum atomic E-state index is 0.748. The van der Waals surface area contributed by atoms with Crippen LogP contribution in [0.1, 0.15) is 38.5 Å². The third-order valence-corrected chi connectivity index (χ3v) is 4.59. The first kappa shape index (κ1) is 14.3. The van der Waals surface area contributed by atoms with E-state index in [1.807, 2.05) is 0 Å². The van der Waals surface area contributed by atoms with Gasteiger partial charge in [0, 0.05) is 19.1 Å². The van der Waals surface area contributed by atoms with Crippen molar-refractivity contribution >= 4 is 0 Å². The van der Waals surface area contributed by atoms with Gasteiger partial charge < -0.3 is 15.1 Å². The van der Waals surface area contributed by atoms with Crippen LogP contribution in [0.15, 0.2) is 0 Å². The van der Waals surface area contributed by atoms with Crippen molar-refractivity contribution in [2.75, 3.05) is 46.8 Å². The molecule has 3 nitrogen and oxygen atoms in total. The fourth-order valence-corrected chi connectivity index (χ4v) is 3.46. The Bertz CT molecular complexity index is 226. The first-order valence-electron chi connectivity index (χ1n) is 7.84. The summed E-state index contributed by atoms with van der Waals surface area (Å²) >= 11 is 0. The molecule has 2 unspecified atom stereocenters. The largest absolute Gasteiger partial charge is 0.313 e. The van der Waals surface area contributed by atoms with Crippen LogP contribution < -0.4 is 5.32 Å². The van der Waals surface area contributed by atoms with Crippen molar-refractivity contribution in [3.63, 3.8) is 0 Å². The van der Waals surface area contributed by atoms with Crippen LogP contribution in [-0.2, 0) is 0 Å². The van der Waals surface area contributed by atoms with Gasteiger partial charge in [0.15, 0.2) is 0 Å². The Labute approximate surface area is 113 Å². The molecule has 1 N–H and O–H groups in total. The molecule has 0 amide bonds. The zero-order valence-corrected chi connectivity index (χ0v) is 12.3. The summed E-state index contributed by atoms with van der Waals surface area (Å²) in [5.41, 5.74) is 0. The Balaban J connectivity index is 1.60. The summed E-state index contributed by atoms with van der Waals surface area (Å²) in [5.74, 6) is 0.936. The maximum atomic E-state index is 3.65. The predicted molar refractivity (Wildman–Crippen MR) is 78.0 cm³/mol. The van der Waals surface area contributed by atoms with Crippen LogP contribution in [0.4, 0.5) is 0 Å². The molecule has 3 heteroatoms. The molecule has 2 aliphatic rings. The van der Waals surface area contributed by atoms with Gasteiger partial charge >= 0.3 is 0 Å². The lowest BCUT2D eigenvalue weighted by molar-refractivity contribution is 0.179. The van der Waals surface area contributed by atoms with E-state index in [1.165, 1.54) is 71.2 Å². The van der Waals surface area contributed by atoms with Crippen LogP contribution >= 0.6 is 0 Å². The smallest absolute Gasteiger partial charge is 0.0194 e. The summed E-state index contributed by atoms with van der Waals surface area (Å²) < 4.78 is 0. The molecule has 2 atom stereocenters. The minimum absolute atomic E-state index is 0.748. The van der Waals surface area contributed by atoms with E-state index in [1.54, 1.807) is 0 Å². The van der Waals surface area contributed by atoms with Gasteiger partial charge in [-0.1, -0.05) is 6.42 Å². The number of rotatable bonds is 5. The SMILES string of the molecule is CN1CCCC(CCN(C)CC2CCCCN2)C1. The van der Waals surface area contributed by atoms with E-state index in [0.29, 0.717) is 0 Å². The Hall–Kier alpha value is -0.120. The molecule has 0 radical (unpaired) electrons. The lowest BCUT2D eigenvalue weighted by Crippen LogP contribution is -2.43. The molecule has 0 aliphatic carbocycles. The average Bonchev–Trinajstić information content (AvgIpc) is 2.38. The van der Waals surface area contributed by atoms with Crippen LogP contribution in [0.5, 0.6) is 0 Å². The summed E-state index contributed by atoms with van der Waals surface area (Å²) in [4.78, 5) is 5.04. The van der Waals surface area contributed by atoms with E-state index in [0.717, 1.165) is 12.0 Å². The van der Waals surface area contributed by atoms with Gasteiger partial charge in [0.25, 0.3) is 0 Å². The number of nitrogens with one attached hydrogen (secondary N) is 1. The Kier molecular flexibility index (Phi) is 5.93. The molecule has 106 valence electrons. The third-order valence-electron chi connectivity index (χ3n) is 4.59. The van der Waals surface area contributed by atoms with Gasteiger partial charge in [0.05, 0.1) is 0 Å². The van der Waals surface area contributed by atoms with Gasteiger partial charge in [-0.2, -0.15) is 0 Å². The lowest BCUT2D eigenvalue weighted by atomic mass is 9.95. The maximum Gasteiger partial charge on any atom is 0.0194 e. The van der Waals surface area contributed by atoms with Crippen molar-refractivity contribution < 1.29 is 0 Å². The Morgan fingerprint density at radius 1 is 1.22 bits per heavy atom. The minimum Gasteiger partial charge on any atom is -0.313 e. The summed E-state index contributed by atoms with van der Waals surface area (Å²) in [6.07, 6.45) is 8.38. The first-order chi connectivity index (χ1) is 8.74. The average molecular weight is 253 g/mol. The number of hydrogen-bond donors (Lipinski definition) is 1. The first-order valence-corrected chi connectivity index (χ1v) is 7.84. The zero-order valence-electron chi connectivity index (χ0n) is 12.3. The zero-order chi connectivity index (χ0) is 12.8. The lowest BCUT2D eigenvalue weighted by Gasteiger charge is -2.32. The monoisotopic (exact) mass is 253 g/mol. The summed E-state index contributed by atoms with van der Waals surface area (Å²) in [6, 6.07) is 0.748. The van der Waals surface area contributed by atoms with Crippen LogP contribution in [0.2, 0.25) is 0 Å². The van der Waals surface area contributed by atoms with Crippen LogP contribution in [-0.4, -0.2) is 62.7 Å². The van der Waals surface area contributed by atoms with E-state index in [2.05, 4.69) is 29.2 Å². The summed E-state index contributed by atoms with van der Waals surface area (Å²) in [6.45, 7) is 6.36. The topological polar surface area (TPSA) is 18.5 Å². The molecule has 2 heterocycles. The molecular weight excluding hydrogens is 222 g/mol. The van der Waals surface area contributed by atoms with E-state index in [4.69, 9.17) is 0 Å². The van der Waals surface area contributed by atoms with Gasteiger partial charge in [0.1, 0.15) is 0 Å². The third kappa shape index (κ3) is 4.87. The Morgan fingerprint density at radius 3 is 2.83 bits per heavy atom.